The van der Waals surface area contributed by atoms with E-state index < -0.39 is 0 Å². The van der Waals surface area contributed by atoms with E-state index in [-0.39, 0.29) is 16.2 Å². The van der Waals surface area contributed by atoms with E-state index in [9.17, 15) is 0 Å². The monoisotopic (exact) mass is 775 g/mol. The van der Waals surface area contributed by atoms with Crippen molar-refractivity contribution >= 4 is 17.1 Å². The third-order valence-corrected chi connectivity index (χ3v) is 13.8. The average molecular weight is 776 g/mol. The number of nitrogens with zero attached hydrogens (tertiary/aromatic N) is 1. The summed E-state index contributed by atoms with van der Waals surface area (Å²) in [6, 6.07) is 69.9. The van der Waals surface area contributed by atoms with E-state index in [1.165, 1.54) is 90.0 Å². The van der Waals surface area contributed by atoms with Crippen LogP contribution in [-0.2, 0) is 16.2 Å². The number of hydrogen-bond acceptors (Lipinski definition) is 1. The molecular formula is C59H53N. The molecule has 8 aromatic carbocycles. The molecule has 2 aliphatic rings. The van der Waals surface area contributed by atoms with Gasteiger partial charge in [-0.25, -0.2) is 0 Å². The van der Waals surface area contributed by atoms with Gasteiger partial charge in [0.15, 0.2) is 0 Å². The molecule has 8 aromatic rings. The molecule has 0 saturated heterocycles. The summed E-state index contributed by atoms with van der Waals surface area (Å²) in [5, 5.41) is 0. The van der Waals surface area contributed by atoms with E-state index in [1.54, 1.807) is 0 Å². The predicted molar refractivity (Wildman–Crippen MR) is 256 cm³/mol. The molecule has 0 bridgehead atoms. The molecule has 1 heteroatoms. The van der Waals surface area contributed by atoms with Crippen molar-refractivity contribution in [2.45, 2.75) is 70.6 Å². The Morgan fingerprint density at radius 2 is 0.800 bits per heavy atom. The summed E-state index contributed by atoms with van der Waals surface area (Å²) in [7, 11) is 0. The Morgan fingerprint density at radius 1 is 0.333 bits per heavy atom. The molecular weight excluding hydrogens is 723 g/mol. The third kappa shape index (κ3) is 6.31. The van der Waals surface area contributed by atoms with Gasteiger partial charge in [-0.15, -0.1) is 0 Å². The lowest BCUT2D eigenvalue weighted by molar-refractivity contribution is 0.333. The predicted octanol–water partition coefficient (Wildman–Crippen LogP) is 16.5. The average Bonchev–Trinajstić information content (AvgIpc) is 3.51. The molecule has 0 fully saturated rings. The summed E-state index contributed by atoms with van der Waals surface area (Å²) < 4.78 is 0. The summed E-state index contributed by atoms with van der Waals surface area (Å²) in [6.07, 6.45) is 2.32. The Hall–Kier alpha value is -6.44. The van der Waals surface area contributed by atoms with Crippen molar-refractivity contribution in [1.29, 1.82) is 0 Å². The first-order valence-electron chi connectivity index (χ1n) is 21.6. The van der Waals surface area contributed by atoms with E-state index in [0.29, 0.717) is 0 Å². The van der Waals surface area contributed by atoms with Crippen LogP contribution in [0.4, 0.5) is 17.1 Å². The number of rotatable bonds is 7. The van der Waals surface area contributed by atoms with Crippen molar-refractivity contribution < 1.29 is 0 Å². The largest absolute Gasteiger partial charge is 0.310 e. The van der Waals surface area contributed by atoms with Gasteiger partial charge in [0, 0.05) is 22.4 Å². The SMILES string of the molecule is CC1(C)CCC(C)(C)c2c(-c3cc4c(cc3N(c3ccc(-c5ccccc5)cc3)c3ccc(-c5ccccc5-c5ccccc5)cc3)C(C)(C)c3ccccc3-4)cccc21. The summed E-state index contributed by atoms with van der Waals surface area (Å²) in [5.41, 5.74) is 21.7. The molecule has 60 heavy (non-hydrogen) atoms. The van der Waals surface area contributed by atoms with Gasteiger partial charge in [0.1, 0.15) is 0 Å². The van der Waals surface area contributed by atoms with Crippen molar-refractivity contribution in [3.05, 3.63) is 210 Å². The zero-order chi connectivity index (χ0) is 41.2. The van der Waals surface area contributed by atoms with Crippen LogP contribution in [0.25, 0.3) is 55.6 Å². The minimum atomic E-state index is -0.162. The molecule has 1 nitrogen and oxygen atoms in total. The quantitative estimate of drug-likeness (QED) is 0.156. The number of benzene rings is 8. The first-order valence-corrected chi connectivity index (χ1v) is 21.6. The van der Waals surface area contributed by atoms with Crippen LogP contribution >= 0.6 is 0 Å². The van der Waals surface area contributed by atoms with Gasteiger partial charge in [-0.3, -0.25) is 0 Å². The van der Waals surface area contributed by atoms with Crippen LogP contribution in [0.5, 0.6) is 0 Å². The zero-order valence-electron chi connectivity index (χ0n) is 35.8. The van der Waals surface area contributed by atoms with Crippen molar-refractivity contribution in [3.63, 3.8) is 0 Å². The highest BCUT2D eigenvalue weighted by atomic mass is 15.1. The van der Waals surface area contributed by atoms with Gasteiger partial charge in [-0.05, 0) is 132 Å². The Kier molecular flexibility index (Phi) is 9.06. The van der Waals surface area contributed by atoms with Gasteiger partial charge in [0.2, 0.25) is 0 Å². The van der Waals surface area contributed by atoms with Crippen LogP contribution in [0.1, 0.15) is 76.6 Å². The summed E-state index contributed by atoms with van der Waals surface area (Å²) in [5.74, 6) is 0. The summed E-state index contributed by atoms with van der Waals surface area (Å²) >= 11 is 0. The fourth-order valence-corrected chi connectivity index (χ4v) is 10.3. The van der Waals surface area contributed by atoms with Crippen LogP contribution in [0, 0.1) is 0 Å². The molecule has 0 amide bonds. The number of fused-ring (bicyclic) bond motifs is 4. The van der Waals surface area contributed by atoms with Gasteiger partial charge >= 0.3 is 0 Å². The molecule has 2 aliphatic carbocycles. The standard InChI is InChI=1S/C59H53N/c1-57(2)36-37-58(3,4)56-49(25-17-27-53(56)57)51-38-50-48-24-15-16-26-52(48)59(5,6)54(50)39-55(51)60(44-32-28-41(29-33-44)40-18-9-7-10-19-40)45-34-30-43(31-35-45)47-23-14-13-22-46(47)42-20-11-8-12-21-42/h7-35,38-39H,36-37H2,1-6H3. The van der Waals surface area contributed by atoms with Crippen molar-refractivity contribution in [3.8, 4) is 55.6 Å². The highest BCUT2D eigenvalue weighted by molar-refractivity contribution is 5.96. The highest BCUT2D eigenvalue weighted by Gasteiger charge is 2.41. The van der Waals surface area contributed by atoms with Gasteiger partial charge in [0.25, 0.3) is 0 Å². The fraction of sp³-hybridized carbons (Fsp3) is 0.186. The van der Waals surface area contributed by atoms with Gasteiger partial charge in [0.05, 0.1) is 5.69 Å². The smallest absolute Gasteiger partial charge is 0.0543 e. The molecule has 294 valence electrons. The van der Waals surface area contributed by atoms with Gasteiger partial charge in [-0.2, -0.15) is 0 Å². The highest BCUT2D eigenvalue weighted by Crippen LogP contribution is 2.56. The van der Waals surface area contributed by atoms with Crippen LogP contribution < -0.4 is 4.90 Å². The molecule has 0 radical (unpaired) electrons. The van der Waals surface area contributed by atoms with Gasteiger partial charge in [-0.1, -0.05) is 193 Å². The lowest BCUT2D eigenvalue weighted by atomic mass is 9.61. The maximum atomic E-state index is 2.54. The normalized spacial score (nSPS) is 15.4. The topological polar surface area (TPSA) is 3.24 Å². The summed E-state index contributed by atoms with van der Waals surface area (Å²) in [4.78, 5) is 2.52. The first kappa shape index (κ1) is 37.8. The van der Waals surface area contributed by atoms with E-state index in [0.717, 1.165) is 17.8 Å². The van der Waals surface area contributed by atoms with Crippen LogP contribution in [0.15, 0.2) is 188 Å². The van der Waals surface area contributed by atoms with Crippen molar-refractivity contribution in [2.75, 3.05) is 4.90 Å². The molecule has 0 saturated carbocycles. The Balaban J connectivity index is 1.23. The van der Waals surface area contributed by atoms with E-state index in [4.69, 9.17) is 0 Å². The lowest BCUT2D eigenvalue weighted by Gasteiger charge is -2.43. The summed E-state index contributed by atoms with van der Waals surface area (Å²) in [6.45, 7) is 14.6. The molecule has 0 atom stereocenters. The molecule has 0 unspecified atom stereocenters. The van der Waals surface area contributed by atoms with Crippen LogP contribution in [0.2, 0.25) is 0 Å². The first-order chi connectivity index (χ1) is 29.0. The molecule has 0 aromatic heterocycles. The van der Waals surface area contributed by atoms with E-state index in [1.807, 2.05) is 0 Å². The van der Waals surface area contributed by atoms with Gasteiger partial charge < -0.3 is 4.90 Å². The third-order valence-electron chi connectivity index (χ3n) is 13.8. The Bertz CT molecular complexity index is 2860. The molecule has 0 heterocycles. The van der Waals surface area contributed by atoms with E-state index in [2.05, 4.69) is 234 Å². The molecule has 0 spiro atoms. The number of hydrogen-bond donors (Lipinski definition) is 0. The fourth-order valence-electron chi connectivity index (χ4n) is 10.3. The maximum Gasteiger partial charge on any atom is 0.0543 e. The zero-order valence-corrected chi connectivity index (χ0v) is 35.8. The van der Waals surface area contributed by atoms with E-state index >= 15 is 0 Å². The number of anilines is 3. The lowest BCUT2D eigenvalue weighted by Crippen LogP contribution is -2.34. The second-order valence-corrected chi connectivity index (χ2v) is 18.8. The second kappa shape index (κ2) is 14.4. The van der Waals surface area contributed by atoms with Crippen LogP contribution in [0.3, 0.4) is 0 Å². The second-order valence-electron chi connectivity index (χ2n) is 18.8. The molecule has 10 rings (SSSR count). The minimum Gasteiger partial charge on any atom is -0.310 e. The molecule has 0 aliphatic heterocycles. The minimum absolute atomic E-state index is 0.0187. The van der Waals surface area contributed by atoms with Crippen molar-refractivity contribution in [1.82, 2.24) is 0 Å². The Labute approximate surface area is 357 Å². The van der Waals surface area contributed by atoms with Crippen LogP contribution in [-0.4, -0.2) is 0 Å². The maximum absolute atomic E-state index is 2.54. The molecule has 0 N–H and O–H groups in total. The Morgan fingerprint density at radius 3 is 1.43 bits per heavy atom. The van der Waals surface area contributed by atoms with Crippen molar-refractivity contribution in [2.24, 2.45) is 0 Å².